The summed E-state index contributed by atoms with van der Waals surface area (Å²) >= 11 is 0. The highest BCUT2D eigenvalue weighted by Crippen LogP contribution is 2.36. The molecule has 3 rings (SSSR count). The molecule has 0 radical (unpaired) electrons. The molecule has 2 aromatic carbocycles. The van der Waals surface area contributed by atoms with Gasteiger partial charge in [-0.05, 0) is 29.8 Å². The van der Waals surface area contributed by atoms with E-state index in [1.54, 1.807) is 6.07 Å². The smallest absolute Gasteiger partial charge is 0.342 e. The summed E-state index contributed by atoms with van der Waals surface area (Å²) in [6.45, 7) is -0.238. The Kier molecular flexibility index (Phi) is 5.50. The average Bonchev–Trinajstić information content (AvgIpc) is 2.65. The average molecular weight is 416 g/mol. The summed E-state index contributed by atoms with van der Waals surface area (Å²) in [7, 11) is 0. The molecule has 154 valence electrons. The fourth-order valence-corrected chi connectivity index (χ4v) is 2.93. The Morgan fingerprint density at radius 2 is 1.67 bits per heavy atom. The van der Waals surface area contributed by atoms with E-state index in [9.17, 15) is 33.4 Å². The largest absolute Gasteiger partial charge is 0.488 e. The first-order valence-corrected chi connectivity index (χ1v) is 8.38. The SMILES string of the molecule is Nc1[nH]c(=O)c(C(=O)O)c(-c2ccc(F)cc2OCc2cccc(F)c2)c1C(=O)O. The maximum absolute atomic E-state index is 13.9. The highest BCUT2D eigenvalue weighted by Gasteiger charge is 2.28. The van der Waals surface area contributed by atoms with Crippen molar-refractivity contribution in [1.82, 2.24) is 4.98 Å². The summed E-state index contributed by atoms with van der Waals surface area (Å²) in [5.74, 6) is -5.45. The molecule has 0 saturated carbocycles. The lowest BCUT2D eigenvalue weighted by molar-refractivity contribution is 0.0695. The van der Waals surface area contributed by atoms with Crippen LogP contribution in [0.4, 0.5) is 14.6 Å². The minimum Gasteiger partial charge on any atom is -0.488 e. The Balaban J connectivity index is 2.22. The van der Waals surface area contributed by atoms with Crippen LogP contribution in [0.25, 0.3) is 11.1 Å². The van der Waals surface area contributed by atoms with Gasteiger partial charge in [0.2, 0.25) is 0 Å². The molecule has 0 aliphatic carbocycles. The minimum atomic E-state index is -1.71. The van der Waals surface area contributed by atoms with E-state index in [4.69, 9.17) is 10.5 Å². The molecular weight excluding hydrogens is 402 g/mol. The zero-order chi connectivity index (χ0) is 22.0. The molecule has 10 heteroatoms. The summed E-state index contributed by atoms with van der Waals surface area (Å²) in [5, 5.41) is 19.0. The normalized spacial score (nSPS) is 10.6. The number of hydrogen-bond acceptors (Lipinski definition) is 5. The van der Waals surface area contributed by atoms with Crippen molar-refractivity contribution in [2.24, 2.45) is 0 Å². The predicted molar refractivity (Wildman–Crippen MR) is 102 cm³/mol. The van der Waals surface area contributed by atoms with Gasteiger partial charge in [-0.2, -0.15) is 0 Å². The van der Waals surface area contributed by atoms with Gasteiger partial charge in [0, 0.05) is 17.2 Å². The maximum atomic E-state index is 13.9. The molecule has 0 aliphatic heterocycles. The zero-order valence-corrected chi connectivity index (χ0v) is 15.1. The minimum absolute atomic E-state index is 0.180. The lowest BCUT2D eigenvalue weighted by Crippen LogP contribution is -2.24. The molecule has 0 atom stereocenters. The van der Waals surface area contributed by atoms with Gasteiger partial charge in [-0.3, -0.25) is 4.79 Å². The molecule has 0 amide bonds. The van der Waals surface area contributed by atoms with E-state index in [0.29, 0.717) is 5.56 Å². The molecule has 3 aromatic rings. The fraction of sp³-hybridized carbons (Fsp3) is 0.0500. The summed E-state index contributed by atoms with van der Waals surface area (Å²) in [5.41, 5.74) is 2.55. The number of hydrogen-bond donors (Lipinski definition) is 4. The van der Waals surface area contributed by atoms with Gasteiger partial charge in [0.05, 0.1) is 0 Å². The number of ether oxygens (including phenoxy) is 1. The lowest BCUT2D eigenvalue weighted by atomic mass is 9.94. The quantitative estimate of drug-likeness (QED) is 0.484. The summed E-state index contributed by atoms with van der Waals surface area (Å²) in [6, 6.07) is 8.28. The van der Waals surface area contributed by atoms with Gasteiger partial charge in [0.15, 0.2) is 0 Å². The monoisotopic (exact) mass is 416 g/mol. The van der Waals surface area contributed by atoms with Crippen LogP contribution in [0.1, 0.15) is 26.3 Å². The van der Waals surface area contributed by atoms with E-state index in [1.165, 1.54) is 18.2 Å². The van der Waals surface area contributed by atoms with Crippen molar-refractivity contribution in [3.05, 3.63) is 81.1 Å². The number of carboxylic acid groups (broad SMARTS) is 2. The molecule has 0 aliphatic rings. The highest BCUT2D eigenvalue weighted by atomic mass is 19.1. The predicted octanol–water partition coefficient (Wildman–Crippen LogP) is 2.88. The molecule has 0 fully saturated rings. The van der Waals surface area contributed by atoms with E-state index in [2.05, 4.69) is 0 Å². The standard InChI is InChI=1S/C20H14F2N2O6/c21-10-3-1-2-9(6-10)8-30-13-7-11(22)4-5-12(13)14-15(19(26)27)17(23)24-18(25)16(14)20(28)29/h1-7H,8H2,(H,26,27)(H,28,29)(H3,23,24,25). The number of benzene rings is 2. The van der Waals surface area contributed by atoms with Crippen molar-refractivity contribution >= 4 is 17.8 Å². The first kappa shape index (κ1) is 20.5. The number of nitrogens with one attached hydrogen (secondary N) is 1. The van der Waals surface area contributed by atoms with Gasteiger partial charge in [-0.15, -0.1) is 0 Å². The van der Waals surface area contributed by atoms with E-state index in [1.807, 2.05) is 4.98 Å². The molecule has 1 heterocycles. The van der Waals surface area contributed by atoms with Crippen LogP contribution in [-0.4, -0.2) is 27.1 Å². The van der Waals surface area contributed by atoms with E-state index < -0.39 is 51.6 Å². The molecule has 0 spiro atoms. The Bertz CT molecular complexity index is 1220. The molecule has 1 aromatic heterocycles. The second-order valence-corrected chi connectivity index (χ2v) is 6.16. The van der Waals surface area contributed by atoms with E-state index in [0.717, 1.165) is 18.2 Å². The van der Waals surface area contributed by atoms with Crippen molar-refractivity contribution in [3.8, 4) is 16.9 Å². The number of anilines is 1. The fourth-order valence-electron chi connectivity index (χ4n) is 2.93. The van der Waals surface area contributed by atoms with Gasteiger partial charge in [-0.25, -0.2) is 18.4 Å². The number of halogens is 2. The third-order valence-electron chi connectivity index (χ3n) is 4.17. The van der Waals surface area contributed by atoms with Crippen molar-refractivity contribution in [2.45, 2.75) is 6.61 Å². The number of carboxylic acids is 2. The number of nitrogen functional groups attached to an aromatic ring is 1. The number of carbonyl (C=O) groups is 2. The lowest BCUT2D eigenvalue weighted by Gasteiger charge is -2.16. The highest BCUT2D eigenvalue weighted by molar-refractivity contribution is 6.08. The number of aromatic nitrogens is 1. The second kappa shape index (κ2) is 8.03. The Morgan fingerprint density at radius 3 is 2.30 bits per heavy atom. The van der Waals surface area contributed by atoms with Gasteiger partial charge in [0.25, 0.3) is 5.56 Å². The number of pyridine rings is 1. The van der Waals surface area contributed by atoms with Gasteiger partial charge < -0.3 is 25.7 Å². The maximum Gasteiger partial charge on any atom is 0.342 e. The number of aromatic amines is 1. The van der Waals surface area contributed by atoms with Crippen LogP contribution in [-0.2, 0) is 6.61 Å². The van der Waals surface area contributed by atoms with Crippen LogP contribution >= 0.6 is 0 Å². The van der Waals surface area contributed by atoms with E-state index >= 15 is 0 Å². The third-order valence-corrected chi connectivity index (χ3v) is 4.17. The first-order valence-electron chi connectivity index (χ1n) is 8.38. The van der Waals surface area contributed by atoms with Crippen LogP contribution < -0.4 is 16.0 Å². The topological polar surface area (TPSA) is 143 Å². The first-order chi connectivity index (χ1) is 14.2. The van der Waals surface area contributed by atoms with Crippen molar-refractivity contribution in [1.29, 1.82) is 0 Å². The summed E-state index contributed by atoms with van der Waals surface area (Å²) in [6.07, 6.45) is 0. The van der Waals surface area contributed by atoms with E-state index in [-0.39, 0.29) is 17.9 Å². The van der Waals surface area contributed by atoms with Crippen LogP contribution in [0.2, 0.25) is 0 Å². The Hall–Kier alpha value is -4.21. The molecule has 0 unspecified atom stereocenters. The summed E-state index contributed by atoms with van der Waals surface area (Å²) < 4.78 is 32.8. The second-order valence-electron chi connectivity index (χ2n) is 6.16. The summed E-state index contributed by atoms with van der Waals surface area (Å²) in [4.78, 5) is 37.6. The van der Waals surface area contributed by atoms with Gasteiger partial charge >= 0.3 is 11.9 Å². The van der Waals surface area contributed by atoms with Crippen LogP contribution in [0.15, 0.2) is 47.3 Å². The van der Waals surface area contributed by atoms with Gasteiger partial charge in [0.1, 0.15) is 40.9 Å². The van der Waals surface area contributed by atoms with Crippen LogP contribution in [0.3, 0.4) is 0 Å². The number of aromatic carboxylic acids is 2. The van der Waals surface area contributed by atoms with Crippen LogP contribution in [0, 0.1) is 11.6 Å². The van der Waals surface area contributed by atoms with Crippen molar-refractivity contribution in [2.75, 3.05) is 5.73 Å². The number of rotatable bonds is 6. The van der Waals surface area contributed by atoms with Gasteiger partial charge in [-0.1, -0.05) is 12.1 Å². The Morgan fingerprint density at radius 1 is 1.00 bits per heavy atom. The van der Waals surface area contributed by atoms with Crippen LogP contribution in [0.5, 0.6) is 5.75 Å². The molecule has 0 bridgehead atoms. The number of H-pyrrole nitrogens is 1. The molecule has 0 saturated heterocycles. The van der Waals surface area contributed by atoms with Crippen molar-refractivity contribution in [3.63, 3.8) is 0 Å². The molecule has 8 nitrogen and oxygen atoms in total. The number of nitrogens with two attached hydrogens (primary N) is 1. The van der Waals surface area contributed by atoms with Crippen molar-refractivity contribution < 1.29 is 33.3 Å². The molecular formula is C20H14F2N2O6. The Labute approximate surface area is 167 Å². The molecule has 5 N–H and O–H groups in total. The molecule has 30 heavy (non-hydrogen) atoms. The third kappa shape index (κ3) is 3.97. The zero-order valence-electron chi connectivity index (χ0n) is 15.1.